The smallest absolute Gasteiger partial charge is 0.263 e. The number of rotatable bonds is 3. The summed E-state index contributed by atoms with van der Waals surface area (Å²) < 4.78 is 56.1. The van der Waals surface area contributed by atoms with Crippen LogP contribution in [0.4, 0.5) is 14.5 Å². The molecule has 0 saturated heterocycles. The molecule has 2 heterocycles. The van der Waals surface area contributed by atoms with Gasteiger partial charge >= 0.3 is 0 Å². The molecule has 0 bridgehead atoms. The number of pyridine rings is 1. The minimum absolute atomic E-state index is 0.00452. The molecule has 1 aromatic carbocycles. The number of halogens is 4. The summed E-state index contributed by atoms with van der Waals surface area (Å²) >= 11 is 11.4. The summed E-state index contributed by atoms with van der Waals surface area (Å²) in [6.45, 7) is 1.46. The molecule has 0 atom stereocenters. The summed E-state index contributed by atoms with van der Waals surface area (Å²) in [5, 5.41) is 0.0856. The van der Waals surface area contributed by atoms with Crippen LogP contribution in [-0.4, -0.2) is 23.4 Å². The topological polar surface area (TPSA) is 84.8 Å². The number of benzene rings is 1. The fraction of sp³-hybridized carbons (Fsp3) is 0.0556. The van der Waals surface area contributed by atoms with E-state index in [1.54, 1.807) is 0 Å². The normalized spacial score (nSPS) is 10.9. The number of sulfonamides is 1. The van der Waals surface area contributed by atoms with Gasteiger partial charge < -0.3 is 0 Å². The molecule has 0 saturated carbocycles. The van der Waals surface area contributed by atoms with Crippen molar-refractivity contribution in [2.24, 2.45) is 0 Å². The Morgan fingerprint density at radius 1 is 1.03 bits per heavy atom. The van der Waals surface area contributed by atoms with Gasteiger partial charge in [0.05, 0.1) is 27.5 Å². The van der Waals surface area contributed by atoms with Crippen LogP contribution >= 0.6 is 23.2 Å². The third-order valence-corrected chi connectivity index (χ3v) is 5.47. The van der Waals surface area contributed by atoms with E-state index < -0.39 is 32.9 Å². The van der Waals surface area contributed by atoms with Crippen molar-refractivity contribution >= 4 is 38.9 Å². The van der Waals surface area contributed by atoms with Crippen molar-refractivity contribution in [2.75, 3.05) is 4.72 Å². The van der Waals surface area contributed by atoms with Crippen LogP contribution < -0.4 is 4.72 Å². The molecule has 0 aliphatic rings. The molecule has 6 nitrogen and oxygen atoms in total. The van der Waals surface area contributed by atoms with Crippen molar-refractivity contribution in [1.82, 2.24) is 15.0 Å². The van der Waals surface area contributed by atoms with Crippen LogP contribution in [0.2, 0.25) is 10.3 Å². The molecule has 3 aromatic rings. The van der Waals surface area contributed by atoms with E-state index in [9.17, 15) is 17.2 Å². The van der Waals surface area contributed by atoms with Crippen molar-refractivity contribution < 1.29 is 17.2 Å². The Hall–Kier alpha value is -2.80. The van der Waals surface area contributed by atoms with Crippen LogP contribution in [0.15, 0.2) is 41.7 Å². The Kier molecular flexibility index (Phi) is 5.98. The highest BCUT2D eigenvalue weighted by Gasteiger charge is 2.22. The van der Waals surface area contributed by atoms with E-state index in [0.29, 0.717) is 0 Å². The monoisotopic (exact) mass is 454 g/mol. The van der Waals surface area contributed by atoms with Gasteiger partial charge in [0.2, 0.25) is 5.28 Å². The molecule has 0 fully saturated rings. The van der Waals surface area contributed by atoms with Crippen LogP contribution in [0.25, 0.3) is 0 Å². The Bertz CT molecular complexity index is 1260. The van der Waals surface area contributed by atoms with Gasteiger partial charge in [-0.2, -0.15) is 0 Å². The zero-order valence-corrected chi connectivity index (χ0v) is 16.9. The third kappa shape index (κ3) is 4.79. The second-order valence-corrected chi connectivity index (χ2v) is 8.04. The largest absolute Gasteiger partial charge is 0.277 e. The van der Waals surface area contributed by atoms with Crippen LogP contribution in [0.1, 0.15) is 16.8 Å². The van der Waals surface area contributed by atoms with Crippen molar-refractivity contribution in [2.45, 2.75) is 11.8 Å². The number of hydrogen-bond acceptors (Lipinski definition) is 5. The van der Waals surface area contributed by atoms with Gasteiger partial charge in [-0.25, -0.2) is 27.2 Å². The van der Waals surface area contributed by atoms with E-state index in [4.69, 9.17) is 23.2 Å². The van der Waals surface area contributed by atoms with Crippen molar-refractivity contribution in [1.29, 1.82) is 0 Å². The lowest BCUT2D eigenvalue weighted by molar-refractivity contribution is 0.577. The second-order valence-electron chi connectivity index (χ2n) is 5.62. The molecule has 1 N–H and O–H groups in total. The SMILES string of the molecule is Cc1ncc(Cl)cc1S(=O)(=O)Nc1ccc(F)c(C#Cc2cnc(Cl)nc2)c1F. The van der Waals surface area contributed by atoms with E-state index >= 15 is 0 Å². The molecule has 0 spiro atoms. The molecule has 3 rings (SSSR count). The van der Waals surface area contributed by atoms with Crippen LogP contribution in [-0.2, 0) is 10.0 Å². The molecular formula is C18H10Cl2F2N4O2S. The second kappa shape index (κ2) is 8.29. The summed E-state index contributed by atoms with van der Waals surface area (Å²) in [5.74, 6) is 2.66. The average Bonchev–Trinajstić information content (AvgIpc) is 2.67. The quantitative estimate of drug-likeness (QED) is 0.478. The minimum atomic E-state index is -4.23. The average molecular weight is 455 g/mol. The maximum absolute atomic E-state index is 14.8. The Labute approximate surface area is 175 Å². The number of aromatic nitrogens is 3. The first-order valence-electron chi connectivity index (χ1n) is 7.80. The predicted molar refractivity (Wildman–Crippen MR) is 104 cm³/mol. The van der Waals surface area contributed by atoms with Gasteiger partial charge in [0, 0.05) is 18.6 Å². The van der Waals surface area contributed by atoms with Gasteiger partial charge in [-0.1, -0.05) is 23.4 Å². The van der Waals surface area contributed by atoms with E-state index in [2.05, 4.69) is 31.5 Å². The zero-order chi connectivity index (χ0) is 21.2. The van der Waals surface area contributed by atoms with Gasteiger partial charge in [0.25, 0.3) is 10.0 Å². The number of aryl methyl sites for hydroxylation is 1. The maximum atomic E-state index is 14.8. The van der Waals surface area contributed by atoms with Crippen LogP contribution in [0.5, 0.6) is 0 Å². The first-order valence-corrected chi connectivity index (χ1v) is 10.0. The molecule has 0 unspecified atom stereocenters. The fourth-order valence-electron chi connectivity index (χ4n) is 2.22. The third-order valence-electron chi connectivity index (χ3n) is 3.58. The molecule has 0 aliphatic carbocycles. The maximum Gasteiger partial charge on any atom is 0.263 e. The summed E-state index contributed by atoms with van der Waals surface area (Å²) in [6, 6.07) is 3.02. The predicted octanol–water partition coefficient (Wildman–Crippen LogP) is 3.97. The van der Waals surface area contributed by atoms with Gasteiger partial charge in [-0.05, 0) is 36.7 Å². The minimum Gasteiger partial charge on any atom is -0.277 e. The van der Waals surface area contributed by atoms with E-state index in [-0.39, 0.29) is 26.5 Å². The Morgan fingerprint density at radius 2 is 1.72 bits per heavy atom. The van der Waals surface area contributed by atoms with Gasteiger partial charge in [-0.15, -0.1) is 0 Å². The molecular weight excluding hydrogens is 445 g/mol. The molecule has 11 heteroatoms. The first-order chi connectivity index (χ1) is 13.7. The summed E-state index contributed by atoms with van der Waals surface area (Å²) in [4.78, 5) is 11.0. The fourth-order valence-corrected chi connectivity index (χ4v) is 3.82. The zero-order valence-electron chi connectivity index (χ0n) is 14.5. The van der Waals surface area contributed by atoms with E-state index in [1.165, 1.54) is 31.6 Å². The van der Waals surface area contributed by atoms with Crippen molar-refractivity contribution in [3.05, 3.63) is 75.6 Å². The Balaban J connectivity index is 1.99. The first kappa shape index (κ1) is 20.9. The van der Waals surface area contributed by atoms with Crippen LogP contribution in [0, 0.1) is 30.4 Å². The number of nitrogens with one attached hydrogen (secondary N) is 1. The number of nitrogens with zero attached hydrogens (tertiary/aromatic N) is 3. The standard InChI is InChI=1S/C18H10Cl2F2N4O2S/c1-10-16(6-12(19)9-23-10)29(27,28)26-15-5-4-14(21)13(17(15)22)3-2-11-7-24-18(20)25-8-11/h4-9,26H,1H3. The lowest BCUT2D eigenvalue weighted by Gasteiger charge is -2.12. The lowest BCUT2D eigenvalue weighted by atomic mass is 10.1. The molecule has 0 radical (unpaired) electrons. The highest BCUT2D eigenvalue weighted by molar-refractivity contribution is 7.92. The molecule has 0 amide bonds. The molecule has 0 aliphatic heterocycles. The summed E-state index contributed by atoms with van der Waals surface area (Å²) in [6.07, 6.45) is 3.84. The number of anilines is 1. The van der Waals surface area contributed by atoms with Crippen molar-refractivity contribution in [3.8, 4) is 11.8 Å². The van der Waals surface area contributed by atoms with E-state index in [0.717, 1.165) is 12.1 Å². The lowest BCUT2D eigenvalue weighted by Crippen LogP contribution is -2.16. The van der Waals surface area contributed by atoms with Gasteiger partial charge in [-0.3, -0.25) is 9.71 Å². The van der Waals surface area contributed by atoms with Gasteiger partial charge in [0.1, 0.15) is 10.7 Å². The number of hydrogen-bond donors (Lipinski definition) is 1. The van der Waals surface area contributed by atoms with Crippen molar-refractivity contribution in [3.63, 3.8) is 0 Å². The van der Waals surface area contributed by atoms with E-state index in [1.807, 2.05) is 0 Å². The highest BCUT2D eigenvalue weighted by Crippen LogP contribution is 2.25. The molecule has 2 aromatic heterocycles. The van der Waals surface area contributed by atoms with Crippen LogP contribution in [0.3, 0.4) is 0 Å². The molecule has 29 heavy (non-hydrogen) atoms. The summed E-state index contributed by atoms with van der Waals surface area (Å²) in [7, 11) is -4.23. The summed E-state index contributed by atoms with van der Waals surface area (Å²) in [5.41, 5.74) is -0.685. The van der Waals surface area contributed by atoms with Gasteiger partial charge in [0.15, 0.2) is 5.82 Å². The highest BCUT2D eigenvalue weighted by atomic mass is 35.5. The molecule has 148 valence electrons. The Morgan fingerprint density at radius 3 is 2.41 bits per heavy atom.